The van der Waals surface area contributed by atoms with Crippen LogP contribution in [0.15, 0.2) is 34.9 Å². The van der Waals surface area contributed by atoms with Crippen LogP contribution in [0.4, 0.5) is 5.82 Å². The fraction of sp³-hybridized carbons (Fsp3) is 0.214. The summed E-state index contributed by atoms with van der Waals surface area (Å²) in [4.78, 5) is 4.28. The number of benzene rings is 1. The Hall–Kier alpha value is -1.75. The first kappa shape index (κ1) is 12.3. The third kappa shape index (κ3) is 2.66. The van der Waals surface area contributed by atoms with Crippen molar-refractivity contribution in [3.63, 3.8) is 0 Å². The van der Waals surface area contributed by atoms with Gasteiger partial charge >= 0.3 is 0 Å². The van der Waals surface area contributed by atoms with E-state index in [1.807, 2.05) is 24.3 Å². The molecule has 98 valence electrons. The van der Waals surface area contributed by atoms with Crippen molar-refractivity contribution in [2.75, 3.05) is 12.1 Å². The Kier molecular flexibility index (Phi) is 3.29. The summed E-state index contributed by atoms with van der Waals surface area (Å²) in [6, 6.07) is 7.92. The molecule has 0 saturated heterocycles. The number of aryl methyl sites for hydroxylation is 1. The second kappa shape index (κ2) is 5.09. The van der Waals surface area contributed by atoms with E-state index < -0.39 is 0 Å². The first-order valence-electron chi connectivity index (χ1n) is 5.97. The molecule has 1 aromatic heterocycles. The molecule has 1 aliphatic rings. The molecule has 4 nitrogen and oxygen atoms in total. The molecule has 0 spiro atoms. The number of halogens is 1. The minimum atomic E-state index is 0.305. The number of nitrogens with one attached hydrogen (secondary N) is 1. The number of hydrogen-bond acceptors (Lipinski definition) is 4. The van der Waals surface area contributed by atoms with Gasteiger partial charge < -0.3 is 14.8 Å². The predicted octanol–water partition coefficient (Wildman–Crippen LogP) is 3.49. The number of pyridine rings is 1. The normalized spacial score (nSPS) is 12.5. The van der Waals surface area contributed by atoms with Gasteiger partial charge in [0.2, 0.25) is 6.79 Å². The summed E-state index contributed by atoms with van der Waals surface area (Å²) in [5.41, 5.74) is 2.35. The molecule has 0 aliphatic carbocycles. The summed E-state index contributed by atoms with van der Waals surface area (Å²) in [7, 11) is 0. The highest BCUT2D eigenvalue weighted by molar-refractivity contribution is 9.10. The van der Waals surface area contributed by atoms with Crippen molar-refractivity contribution >= 4 is 21.7 Å². The van der Waals surface area contributed by atoms with Crippen molar-refractivity contribution in [2.24, 2.45) is 0 Å². The van der Waals surface area contributed by atoms with Crippen LogP contribution < -0.4 is 14.8 Å². The average Bonchev–Trinajstić information content (AvgIpc) is 2.85. The molecule has 0 amide bonds. The fourth-order valence-corrected chi connectivity index (χ4v) is 2.18. The SMILES string of the molecule is Cc1cc2c(cc1CNc1ccc(Br)cn1)OCO2. The molecule has 3 rings (SSSR count). The first-order valence-corrected chi connectivity index (χ1v) is 6.76. The van der Waals surface area contributed by atoms with Gasteiger partial charge in [0.05, 0.1) is 0 Å². The number of nitrogens with zero attached hydrogens (tertiary/aromatic N) is 1. The molecule has 0 saturated carbocycles. The zero-order chi connectivity index (χ0) is 13.2. The molecule has 0 fully saturated rings. The van der Waals surface area contributed by atoms with E-state index in [0.717, 1.165) is 21.8 Å². The highest BCUT2D eigenvalue weighted by Gasteiger charge is 2.15. The second-order valence-corrected chi connectivity index (χ2v) is 5.26. The molecular weight excluding hydrogens is 308 g/mol. The van der Waals surface area contributed by atoms with Crippen molar-refractivity contribution in [1.29, 1.82) is 0 Å². The van der Waals surface area contributed by atoms with Gasteiger partial charge in [-0.05, 0) is 58.2 Å². The van der Waals surface area contributed by atoms with Crippen LogP contribution in [0.3, 0.4) is 0 Å². The van der Waals surface area contributed by atoms with Gasteiger partial charge in [-0.1, -0.05) is 0 Å². The van der Waals surface area contributed by atoms with Crippen LogP contribution in [-0.4, -0.2) is 11.8 Å². The summed E-state index contributed by atoms with van der Waals surface area (Å²) >= 11 is 3.37. The first-order chi connectivity index (χ1) is 9.22. The smallest absolute Gasteiger partial charge is 0.231 e. The van der Waals surface area contributed by atoms with Crippen molar-refractivity contribution in [3.8, 4) is 11.5 Å². The lowest BCUT2D eigenvalue weighted by atomic mass is 10.1. The Bertz CT molecular complexity index is 599. The number of hydrogen-bond donors (Lipinski definition) is 1. The topological polar surface area (TPSA) is 43.4 Å². The summed E-state index contributed by atoms with van der Waals surface area (Å²) in [6.45, 7) is 3.07. The number of aromatic nitrogens is 1. The quantitative estimate of drug-likeness (QED) is 0.940. The van der Waals surface area contributed by atoms with Gasteiger partial charge in [0.1, 0.15) is 5.82 Å². The van der Waals surface area contributed by atoms with Gasteiger partial charge in [-0.3, -0.25) is 0 Å². The van der Waals surface area contributed by atoms with E-state index in [9.17, 15) is 0 Å². The van der Waals surface area contributed by atoms with Gasteiger partial charge in [-0.15, -0.1) is 0 Å². The second-order valence-electron chi connectivity index (χ2n) is 4.35. The van der Waals surface area contributed by atoms with Crippen LogP contribution in [0.1, 0.15) is 11.1 Å². The maximum atomic E-state index is 5.39. The van der Waals surface area contributed by atoms with Crippen LogP contribution >= 0.6 is 15.9 Å². The molecule has 0 radical (unpaired) electrons. The lowest BCUT2D eigenvalue weighted by molar-refractivity contribution is 0.174. The highest BCUT2D eigenvalue weighted by atomic mass is 79.9. The van der Waals surface area contributed by atoms with Crippen LogP contribution in [0, 0.1) is 6.92 Å². The summed E-state index contributed by atoms with van der Waals surface area (Å²) < 4.78 is 11.7. The number of fused-ring (bicyclic) bond motifs is 1. The Morgan fingerprint density at radius 2 is 2.05 bits per heavy atom. The van der Waals surface area contributed by atoms with Crippen LogP contribution in [0.25, 0.3) is 0 Å². The third-order valence-corrected chi connectivity index (χ3v) is 3.49. The summed E-state index contributed by atoms with van der Waals surface area (Å²) in [5.74, 6) is 2.48. The Balaban J connectivity index is 1.75. The molecule has 0 bridgehead atoms. The maximum absolute atomic E-state index is 5.39. The van der Waals surface area contributed by atoms with Crippen molar-refractivity contribution in [2.45, 2.75) is 13.5 Å². The third-order valence-electron chi connectivity index (χ3n) is 3.02. The zero-order valence-electron chi connectivity index (χ0n) is 10.4. The molecule has 0 atom stereocenters. The molecule has 1 aromatic carbocycles. The van der Waals surface area contributed by atoms with E-state index in [4.69, 9.17) is 9.47 Å². The predicted molar refractivity (Wildman–Crippen MR) is 76.6 cm³/mol. The summed E-state index contributed by atoms with van der Waals surface area (Å²) in [5, 5.41) is 3.29. The minimum absolute atomic E-state index is 0.305. The van der Waals surface area contributed by atoms with Crippen molar-refractivity contribution < 1.29 is 9.47 Å². The molecule has 1 N–H and O–H groups in total. The molecular formula is C14H13BrN2O2. The van der Waals surface area contributed by atoms with E-state index in [1.165, 1.54) is 11.1 Å². The zero-order valence-corrected chi connectivity index (χ0v) is 12.0. The minimum Gasteiger partial charge on any atom is -0.454 e. The van der Waals surface area contributed by atoms with Crippen LogP contribution in [-0.2, 0) is 6.54 Å². The van der Waals surface area contributed by atoms with E-state index >= 15 is 0 Å². The largest absolute Gasteiger partial charge is 0.454 e. The molecule has 2 aromatic rings. The monoisotopic (exact) mass is 320 g/mol. The van der Waals surface area contributed by atoms with Gasteiger partial charge in [-0.25, -0.2) is 4.98 Å². The lowest BCUT2D eigenvalue weighted by Gasteiger charge is -2.09. The average molecular weight is 321 g/mol. The molecule has 1 aliphatic heterocycles. The molecule has 5 heteroatoms. The fourth-order valence-electron chi connectivity index (χ4n) is 1.94. The Morgan fingerprint density at radius 3 is 2.79 bits per heavy atom. The van der Waals surface area contributed by atoms with Crippen molar-refractivity contribution in [1.82, 2.24) is 4.98 Å². The van der Waals surface area contributed by atoms with Gasteiger partial charge in [-0.2, -0.15) is 0 Å². The van der Waals surface area contributed by atoms with E-state index in [-0.39, 0.29) is 0 Å². The lowest BCUT2D eigenvalue weighted by Crippen LogP contribution is -2.02. The number of rotatable bonds is 3. The highest BCUT2D eigenvalue weighted by Crippen LogP contribution is 2.34. The molecule has 19 heavy (non-hydrogen) atoms. The van der Waals surface area contributed by atoms with Crippen molar-refractivity contribution in [3.05, 3.63) is 46.1 Å². The van der Waals surface area contributed by atoms with Gasteiger partial charge in [0.25, 0.3) is 0 Å². The van der Waals surface area contributed by atoms with Gasteiger partial charge in [0, 0.05) is 17.2 Å². The van der Waals surface area contributed by atoms with E-state index in [2.05, 4.69) is 33.2 Å². The number of anilines is 1. The molecule has 2 heterocycles. The van der Waals surface area contributed by atoms with Crippen LogP contribution in [0.2, 0.25) is 0 Å². The number of ether oxygens (including phenoxy) is 2. The maximum Gasteiger partial charge on any atom is 0.231 e. The van der Waals surface area contributed by atoms with Gasteiger partial charge in [0.15, 0.2) is 11.5 Å². The Morgan fingerprint density at radius 1 is 1.26 bits per heavy atom. The van der Waals surface area contributed by atoms with E-state index in [0.29, 0.717) is 13.3 Å². The van der Waals surface area contributed by atoms with Crippen LogP contribution in [0.5, 0.6) is 11.5 Å². The summed E-state index contributed by atoms with van der Waals surface area (Å²) in [6.07, 6.45) is 1.77. The molecule has 0 unspecified atom stereocenters. The Labute approximate surface area is 119 Å². The van der Waals surface area contributed by atoms with E-state index in [1.54, 1.807) is 6.20 Å². The standard InChI is InChI=1S/C14H13BrN2O2/c1-9-4-12-13(19-8-18-12)5-10(9)6-16-14-3-2-11(15)7-17-14/h2-5,7H,6,8H2,1H3,(H,16,17).